The number of benzene rings is 2. The van der Waals surface area contributed by atoms with Gasteiger partial charge in [0.2, 0.25) is 0 Å². The smallest absolute Gasteiger partial charge is 0.194 e. The first-order chi connectivity index (χ1) is 13.3. The van der Waals surface area contributed by atoms with Crippen LogP contribution in [0.2, 0.25) is 0 Å². The first-order valence-corrected chi connectivity index (χ1v) is 10.9. The molecule has 0 aromatic heterocycles. The van der Waals surface area contributed by atoms with E-state index in [9.17, 15) is 12.8 Å². The molecule has 0 amide bonds. The van der Waals surface area contributed by atoms with E-state index in [1.807, 2.05) is 24.9 Å². The summed E-state index contributed by atoms with van der Waals surface area (Å²) in [5, 5.41) is 3.20. The molecule has 0 spiro atoms. The SMILES string of the molecule is CCNC(=NCCOc1ccc(S(C)(=O)=O)cc1)N(C)Cc1cccc(F)c1.I. The molecule has 2 aromatic rings. The van der Waals surface area contributed by atoms with E-state index in [4.69, 9.17) is 4.74 Å². The lowest BCUT2D eigenvalue weighted by Crippen LogP contribution is -2.38. The molecule has 1 N–H and O–H groups in total. The van der Waals surface area contributed by atoms with Crippen LogP contribution in [-0.4, -0.2) is 52.3 Å². The second kappa shape index (κ2) is 12.0. The van der Waals surface area contributed by atoms with Gasteiger partial charge in [0.05, 0.1) is 11.4 Å². The summed E-state index contributed by atoms with van der Waals surface area (Å²) < 4.78 is 41.9. The summed E-state index contributed by atoms with van der Waals surface area (Å²) in [5.74, 6) is 1.02. The lowest BCUT2D eigenvalue weighted by Gasteiger charge is -2.22. The molecular formula is C20H27FIN3O3S. The third-order valence-corrected chi connectivity index (χ3v) is 5.01. The number of ether oxygens (including phenoxy) is 1. The molecule has 0 aliphatic carbocycles. The number of nitrogens with zero attached hydrogens (tertiary/aromatic N) is 2. The predicted octanol–water partition coefficient (Wildman–Crippen LogP) is 3.32. The van der Waals surface area contributed by atoms with Gasteiger partial charge in [0.25, 0.3) is 0 Å². The first kappa shape index (κ1) is 25.2. The Labute approximate surface area is 189 Å². The molecule has 2 aromatic carbocycles. The Balaban J connectivity index is 0.00000420. The normalized spacial score (nSPS) is 11.5. The Morgan fingerprint density at radius 1 is 1.21 bits per heavy atom. The van der Waals surface area contributed by atoms with Crippen molar-refractivity contribution in [2.45, 2.75) is 18.4 Å². The molecule has 0 aliphatic rings. The van der Waals surface area contributed by atoms with Crippen molar-refractivity contribution < 1.29 is 17.5 Å². The minimum atomic E-state index is -3.22. The van der Waals surface area contributed by atoms with Crippen LogP contribution in [0.4, 0.5) is 4.39 Å². The highest BCUT2D eigenvalue weighted by Gasteiger charge is 2.08. The summed E-state index contributed by atoms with van der Waals surface area (Å²) in [7, 11) is -1.33. The van der Waals surface area contributed by atoms with Gasteiger partial charge in [-0.15, -0.1) is 24.0 Å². The Morgan fingerprint density at radius 2 is 1.90 bits per heavy atom. The molecule has 0 heterocycles. The lowest BCUT2D eigenvalue weighted by atomic mass is 10.2. The number of sulfone groups is 1. The van der Waals surface area contributed by atoms with Crippen LogP contribution in [0.5, 0.6) is 5.75 Å². The van der Waals surface area contributed by atoms with E-state index in [-0.39, 0.29) is 34.7 Å². The monoisotopic (exact) mass is 535 g/mol. The highest BCUT2D eigenvalue weighted by atomic mass is 127. The van der Waals surface area contributed by atoms with Crippen molar-refractivity contribution in [2.24, 2.45) is 4.99 Å². The quantitative estimate of drug-likeness (QED) is 0.243. The van der Waals surface area contributed by atoms with Crippen molar-refractivity contribution in [3.8, 4) is 5.75 Å². The summed E-state index contributed by atoms with van der Waals surface area (Å²) in [6.07, 6.45) is 1.17. The first-order valence-electron chi connectivity index (χ1n) is 8.96. The largest absolute Gasteiger partial charge is 0.492 e. The maximum absolute atomic E-state index is 13.4. The average Bonchev–Trinajstić information content (AvgIpc) is 2.64. The number of rotatable bonds is 8. The highest BCUT2D eigenvalue weighted by Crippen LogP contribution is 2.15. The number of guanidine groups is 1. The summed E-state index contributed by atoms with van der Waals surface area (Å²) in [5.41, 5.74) is 0.857. The molecule has 0 atom stereocenters. The van der Waals surface area contributed by atoms with Gasteiger partial charge in [-0.1, -0.05) is 12.1 Å². The van der Waals surface area contributed by atoms with Crippen LogP contribution < -0.4 is 10.1 Å². The van der Waals surface area contributed by atoms with Gasteiger partial charge in [-0.2, -0.15) is 0 Å². The summed E-state index contributed by atoms with van der Waals surface area (Å²) in [6, 6.07) is 12.8. The molecule has 0 fully saturated rings. The van der Waals surface area contributed by atoms with Gasteiger partial charge in [0.1, 0.15) is 18.2 Å². The Bertz CT molecular complexity index is 905. The number of aliphatic imine (C=N–C) groups is 1. The van der Waals surface area contributed by atoms with Gasteiger partial charge in [0, 0.05) is 26.4 Å². The second-order valence-electron chi connectivity index (χ2n) is 6.31. The second-order valence-corrected chi connectivity index (χ2v) is 8.33. The molecule has 0 aliphatic heterocycles. The van der Waals surface area contributed by atoms with Crippen LogP contribution in [0, 0.1) is 5.82 Å². The zero-order valence-corrected chi connectivity index (χ0v) is 19.9. The molecule has 2 rings (SSSR count). The van der Waals surface area contributed by atoms with E-state index in [0.29, 0.717) is 38.0 Å². The van der Waals surface area contributed by atoms with Crippen molar-refractivity contribution in [3.63, 3.8) is 0 Å². The lowest BCUT2D eigenvalue weighted by molar-refractivity contribution is 0.327. The van der Waals surface area contributed by atoms with Crippen LogP contribution in [0.3, 0.4) is 0 Å². The highest BCUT2D eigenvalue weighted by molar-refractivity contribution is 14.0. The maximum Gasteiger partial charge on any atom is 0.194 e. The van der Waals surface area contributed by atoms with E-state index < -0.39 is 9.84 Å². The summed E-state index contributed by atoms with van der Waals surface area (Å²) in [4.78, 5) is 6.69. The number of hydrogen-bond acceptors (Lipinski definition) is 4. The van der Waals surface area contributed by atoms with Crippen LogP contribution in [-0.2, 0) is 16.4 Å². The molecule has 0 saturated heterocycles. The van der Waals surface area contributed by atoms with Crippen LogP contribution >= 0.6 is 24.0 Å². The van der Waals surface area contributed by atoms with Gasteiger partial charge in [0.15, 0.2) is 15.8 Å². The molecule has 29 heavy (non-hydrogen) atoms. The standard InChI is InChI=1S/C20H26FN3O3S.HI/c1-4-22-20(24(2)15-16-6-5-7-17(21)14-16)23-12-13-27-18-8-10-19(11-9-18)28(3,25)26;/h5-11,14H,4,12-13,15H2,1-3H3,(H,22,23);1H. The zero-order valence-electron chi connectivity index (χ0n) is 16.8. The molecule has 0 radical (unpaired) electrons. The molecule has 0 unspecified atom stereocenters. The van der Waals surface area contributed by atoms with Crippen molar-refractivity contribution >= 4 is 39.8 Å². The molecule has 9 heteroatoms. The molecule has 0 saturated carbocycles. The third kappa shape index (κ3) is 8.57. The van der Waals surface area contributed by atoms with Gasteiger partial charge < -0.3 is 15.0 Å². The molecule has 6 nitrogen and oxygen atoms in total. The van der Waals surface area contributed by atoms with Gasteiger partial charge in [-0.3, -0.25) is 0 Å². The van der Waals surface area contributed by atoms with Crippen LogP contribution in [0.15, 0.2) is 58.4 Å². The van der Waals surface area contributed by atoms with Crippen LogP contribution in [0.1, 0.15) is 12.5 Å². The van der Waals surface area contributed by atoms with E-state index in [1.165, 1.54) is 30.5 Å². The van der Waals surface area contributed by atoms with Gasteiger partial charge in [-0.05, 0) is 48.9 Å². The fraction of sp³-hybridized carbons (Fsp3) is 0.350. The van der Waals surface area contributed by atoms with Crippen molar-refractivity contribution in [2.75, 3.05) is 33.0 Å². The van der Waals surface area contributed by atoms with E-state index in [2.05, 4.69) is 10.3 Å². The average molecular weight is 535 g/mol. The summed E-state index contributed by atoms with van der Waals surface area (Å²) >= 11 is 0. The summed E-state index contributed by atoms with van der Waals surface area (Å²) in [6.45, 7) is 3.98. The zero-order chi connectivity index (χ0) is 20.6. The minimum Gasteiger partial charge on any atom is -0.492 e. The maximum atomic E-state index is 13.4. The third-order valence-electron chi connectivity index (χ3n) is 3.88. The fourth-order valence-electron chi connectivity index (χ4n) is 2.55. The van der Waals surface area contributed by atoms with E-state index in [1.54, 1.807) is 18.2 Å². The van der Waals surface area contributed by atoms with Gasteiger partial charge >= 0.3 is 0 Å². The van der Waals surface area contributed by atoms with Gasteiger partial charge in [-0.25, -0.2) is 17.8 Å². The number of hydrogen-bond donors (Lipinski definition) is 1. The van der Waals surface area contributed by atoms with E-state index >= 15 is 0 Å². The molecule has 0 bridgehead atoms. The number of nitrogens with one attached hydrogen (secondary N) is 1. The molecular weight excluding hydrogens is 508 g/mol. The Hall–Kier alpha value is -1.88. The topological polar surface area (TPSA) is 71.0 Å². The van der Waals surface area contributed by atoms with Crippen LogP contribution in [0.25, 0.3) is 0 Å². The van der Waals surface area contributed by atoms with Crippen molar-refractivity contribution in [3.05, 3.63) is 59.9 Å². The number of halogens is 2. The Kier molecular flexibility index (Phi) is 10.4. The fourth-order valence-corrected chi connectivity index (χ4v) is 3.18. The predicted molar refractivity (Wildman–Crippen MR) is 124 cm³/mol. The van der Waals surface area contributed by atoms with Crippen molar-refractivity contribution in [1.82, 2.24) is 10.2 Å². The van der Waals surface area contributed by atoms with Crippen molar-refractivity contribution in [1.29, 1.82) is 0 Å². The minimum absolute atomic E-state index is 0. The van der Waals surface area contributed by atoms with E-state index in [0.717, 1.165) is 5.56 Å². The Morgan fingerprint density at radius 3 is 2.48 bits per heavy atom. The molecule has 160 valence electrons.